The third kappa shape index (κ3) is 4.65. The number of benzene rings is 1. The minimum atomic E-state index is -3.31. The number of nitrogens with two attached hydrogens (primary N) is 1. The Kier molecular flexibility index (Phi) is 4.70. The van der Waals surface area contributed by atoms with Crippen molar-refractivity contribution < 1.29 is 13.2 Å². The molecule has 3 N–H and O–H groups in total. The number of nitrogens with one attached hydrogen (secondary N) is 1. The Hall–Kier alpha value is -1.40. The number of carbonyl (C=O) groups is 1. The number of carbonyl (C=O) groups excluding carboxylic acids is 1. The zero-order valence-electron chi connectivity index (χ0n) is 11.4. The van der Waals surface area contributed by atoms with Gasteiger partial charge in [-0.15, -0.1) is 0 Å². The summed E-state index contributed by atoms with van der Waals surface area (Å²) in [5.74, 6) is -0.302. The van der Waals surface area contributed by atoms with Gasteiger partial charge in [0.15, 0.2) is 9.84 Å². The first-order chi connectivity index (χ1) is 8.65. The van der Waals surface area contributed by atoms with Gasteiger partial charge in [0.1, 0.15) is 0 Å². The smallest absolute Gasteiger partial charge is 0.251 e. The Balaban J connectivity index is 2.96. The molecule has 0 aliphatic carbocycles. The fourth-order valence-corrected chi connectivity index (χ4v) is 2.34. The Bertz CT molecular complexity index is 565. The van der Waals surface area contributed by atoms with Crippen molar-refractivity contribution in [1.82, 2.24) is 5.32 Å². The fraction of sp³-hybridized carbons (Fsp3) is 0.462. The van der Waals surface area contributed by atoms with E-state index in [-0.39, 0.29) is 10.8 Å². The van der Waals surface area contributed by atoms with Crippen LogP contribution in [0.25, 0.3) is 0 Å². The molecule has 19 heavy (non-hydrogen) atoms. The molecule has 0 saturated heterocycles. The van der Waals surface area contributed by atoms with Crippen LogP contribution in [-0.4, -0.2) is 32.7 Å². The minimum Gasteiger partial charge on any atom is -0.347 e. The van der Waals surface area contributed by atoms with Gasteiger partial charge < -0.3 is 11.1 Å². The Morgan fingerprint density at radius 2 is 2.00 bits per heavy atom. The van der Waals surface area contributed by atoms with Crippen LogP contribution >= 0.6 is 0 Å². The molecule has 0 fully saturated rings. The largest absolute Gasteiger partial charge is 0.347 e. The quantitative estimate of drug-likeness (QED) is 0.842. The summed E-state index contributed by atoms with van der Waals surface area (Å²) in [6.07, 6.45) is 1.76. The average molecular weight is 284 g/mol. The lowest BCUT2D eigenvalue weighted by Crippen LogP contribution is -2.44. The van der Waals surface area contributed by atoms with Gasteiger partial charge in [0, 0.05) is 17.4 Å². The van der Waals surface area contributed by atoms with Crippen molar-refractivity contribution in [3.8, 4) is 0 Å². The molecule has 0 spiro atoms. The van der Waals surface area contributed by atoms with E-state index in [9.17, 15) is 13.2 Å². The van der Waals surface area contributed by atoms with Crippen LogP contribution in [0, 0.1) is 0 Å². The summed E-state index contributed by atoms with van der Waals surface area (Å²) in [5.41, 5.74) is 5.38. The molecule has 0 unspecified atom stereocenters. The number of hydrogen-bond acceptors (Lipinski definition) is 4. The van der Waals surface area contributed by atoms with Crippen molar-refractivity contribution in [3.05, 3.63) is 29.8 Å². The molecule has 1 aromatic rings. The predicted molar refractivity (Wildman–Crippen MR) is 74.8 cm³/mol. The van der Waals surface area contributed by atoms with Gasteiger partial charge >= 0.3 is 0 Å². The lowest BCUT2D eigenvalue weighted by molar-refractivity contribution is 0.0910. The molecular weight excluding hydrogens is 264 g/mol. The molecule has 1 aromatic carbocycles. The van der Waals surface area contributed by atoms with Gasteiger partial charge in [-0.3, -0.25) is 4.79 Å². The molecule has 0 aromatic heterocycles. The zero-order chi connectivity index (χ0) is 14.7. The normalized spacial score (nSPS) is 12.2. The third-order valence-corrected chi connectivity index (χ3v) is 3.86. The summed E-state index contributed by atoms with van der Waals surface area (Å²) in [6.45, 7) is 4.22. The van der Waals surface area contributed by atoms with Crippen LogP contribution < -0.4 is 11.1 Å². The van der Waals surface area contributed by atoms with Crippen molar-refractivity contribution >= 4 is 15.7 Å². The molecular formula is C13H20N2O3S. The molecule has 1 amide bonds. The van der Waals surface area contributed by atoms with Gasteiger partial charge in [-0.25, -0.2) is 8.42 Å². The summed E-state index contributed by atoms with van der Waals surface area (Å²) in [7, 11) is -3.31. The van der Waals surface area contributed by atoms with Gasteiger partial charge in [-0.2, -0.15) is 0 Å². The fourth-order valence-electron chi connectivity index (χ4n) is 1.67. The molecule has 6 heteroatoms. The van der Waals surface area contributed by atoms with E-state index in [0.29, 0.717) is 18.5 Å². The van der Waals surface area contributed by atoms with Crippen LogP contribution in [0.5, 0.6) is 0 Å². The van der Waals surface area contributed by atoms with E-state index >= 15 is 0 Å². The van der Waals surface area contributed by atoms with Crippen LogP contribution in [0.2, 0.25) is 0 Å². The molecule has 0 heterocycles. The van der Waals surface area contributed by atoms with Gasteiger partial charge in [-0.05, 0) is 45.0 Å². The summed E-state index contributed by atoms with van der Waals surface area (Å²) in [5, 5.41) is 2.84. The Morgan fingerprint density at radius 1 is 1.37 bits per heavy atom. The lowest BCUT2D eigenvalue weighted by Gasteiger charge is -2.25. The van der Waals surface area contributed by atoms with E-state index in [0.717, 1.165) is 6.26 Å². The summed E-state index contributed by atoms with van der Waals surface area (Å²) < 4.78 is 22.9. The van der Waals surface area contributed by atoms with Crippen molar-refractivity contribution in [2.45, 2.75) is 30.7 Å². The van der Waals surface area contributed by atoms with Crippen molar-refractivity contribution in [1.29, 1.82) is 0 Å². The van der Waals surface area contributed by atoms with Gasteiger partial charge in [0.25, 0.3) is 5.91 Å². The van der Waals surface area contributed by atoms with Crippen LogP contribution in [0.15, 0.2) is 29.2 Å². The first kappa shape index (κ1) is 15.7. The summed E-state index contributed by atoms with van der Waals surface area (Å²) >= 11 is 0. The van der Waals surface area contributed by atoms with Crippen molar-refractivity contribution in [2.24, 2.45) is 5.73 Å². The molecule has 5 nitrogen and oxygen atoms in total. The van der Waals surface area contributed by atoms with Crippen LogP contribution in [-0.2, 0) is 9.84 Å². The Morgan fingerprint density at radius 3 is 2.53 bits per heavy atom. The standard InChI is InChI=1S/C13H20N2O3S/c1-13(2,7-8-14)15-12(16)10-5-4-6-11(9-10)19(3,17)18/h4-6,9H,7-8,14H2,1-3H3,(H,15,16). The summed E-state index contributed by atoms with van der Waals surface area (Å²) in [4.78, 5) is 12.2. The van der Waals surface area contributed by atoms with E-state index < -0.39 is 15.4 Å². The zero-order valence-corrected chi connectivity index (χ0v) is 12.3. The summed E-state index contributed by atoms with van der Waals surface area (Å²) in [6, 6.07) is 5.99. The van der Waals surface area contributed by atoms with E-state index in [4.69, 9.17) is 5.73 Å². The predicted octanol–water partition coefficient (Wildman–Crippen LogP) is 0.947. The molecule has 0 aliphatic rings. The second-order valence-electron chi connectivity index (χ2n) is 5.18. The van der Waals surface area contributed by atoms with Crippen LogP contribution in [0.3, 0.4) is 0 Å². The second kappa shape index (κ2) is 5.71. The maximum atomic E-state index is 12.1. The van der Waals surface area contributed by atoms with E-state index in [1.807, 2.05) is 13.8 Å². The van der Waals surface area contributed by atoms with Gasteiger partial charge in [0.2, 0.25) is 0 Å². The van der Waals surface area contributed by atoms with E-state index in [2.05, 4.69) is 5.32 Å². The molecule has 1 rings (SSSR count). The molecule has 0 radical (unpaired) electrons. The van der Waals surface area contributed by atoms with E-state index in [1.165, 1.54) is 12.1 Å². The maximum absolute atomic E-state index is 12.1. The second-order valence-corrected chi connectivity index (χ2v) is 7.19. The van der Waals surface area contributed by atoms with Crippen molar-refractivity contribution in [3.63, 3.8) is 0 Å². The number of amides is 1. The van der Waals surface area contributed by atoms with Gasteiger partial charge in [0.05, 0.1) is 4.90 Å². The highest BCUT2D eigenvalue weighted by atomic mass is 32.2. The minimum absolute atomic E-state index is 0.136. The first-order valence-corrected chi connectivity index (χ1v) is 7.87. The Labute approximate surface area is 114 Å². The van der Waals surface area contributed by atoms with Crippen LogP contribution in [0.4, 0.5) is 0 Å². The maximum Gasteiger partial charge on any atom is 0.251 e. The molecule has 0 saturated carbocycles. The average Bonchev–Trinajstić information content (AvgIpc) is 2.27. The first-order valence-electron chi connectivity index (χ1n) is 5.98. The number of hydrogen-bond donors (Lipinski definition) is 2. The monoisotopic (exact) mass is 284 g/mol. The highest BCUT2D eigenvalue weighted by molar-refractivity contribution is 7.90. The topological polar surface area (TPSA) is 89.3 Å². The highest BCUT2D eigenvalue weighted by Gasteiger charge is 2.20. The molecule has 106 valence electrons. The molecule has 0 aliphatic heterocycles. The number of sulfone groups is 1. The van der Waals surface area contributed by atoms with E-state index in [1.54, 1.807) is 12.1 Å². The third-order valence-electron chi connectivity index (χ3n) is 2.75. The van der Waals surface area contributed by atoms with Gasteiger partial charge in [-0.1, -0.05) is 6.07 Å². The lowest BCUT2D eigenvalue weighted by atomic mass is 10.00. The SMILES string of the molecule is CC(C)(CCN)NC(=O)c1cccc(S(C)(=O)=O)c1. The van der Waals surface area contributed by atoms with Crippen molar-refractivity contribution in [2.75, 3.05) is 12.8 Å². The molecule has 0 bridgehead atoms. The van der Waals surface area contributed by atoms with Crippen LogP contribution in [0.1, 0.15) is 30.6 Å². The number of rotatable bonds is 5. The highest BCUT2D eigenvalue weighted by Crippen LogP contribution is 2.13. The molecule has 0 atom stereocenters.